The molecule has 0 fully saturated rings. The van der Waals surface area contributed by atoms with Crippen molar-refractivity contribution in [2.45, 2.75) is 33.2 Å². The Morgan fingerprint density at radius 2 is 2.14 bits per heavy atom. The van der Waals surface area contributed by atoms with Crippen LogP contribution in [-0.2, 0) is 11.2 Å². The van der Waals surface area contributed by atoms with Crippen molar-refractivity contribution in [2.75, 3.05) is 7.11 Å². The van der Waals surface area contributed by atoms with Gasteiger partial charge in [0.25, 0.3) is 0 Å². The average Bonchev–Trinajstić information content (AvgIpc) is 2.83. The molecule has 6 heteroatoms. The summed E-state index contributed by atoms with van der Waals surface area (Å²) in [6, 6.07) is 5.81. The Bertz CT molecular complexity index is 640. The molecule has 2 aromatic rings. The predicted molar refractivity (Wildman–Crippen MR) is 82.6 cm³/mol. The number of benzene rings is 1. The van der Waals surface area contributed by atoms with Gasteiger partial charge in [-0.3, -0.25) is 4.79 Å². The van der Waals surface area contributed by atoms with Crippen molar-refractivity contribution in [1.29, 1.82) is 0 Å². The van der Waals surface area contributed by atoms with E-state index in [1.54, 1.807) is 7.11 Å². The van der Waals surface area contributed by atoms with Crippen LogP contribution >= 0.6 is 11.3 Å². The molecule has 0 saturated heterocycles. The number of ether oxygens (including phenoxy) is 1. The number of aryl methyl sites for hydroxylation is 2. The summed E-state index contributed by atoms with van der Waals surface area (Å²) < 4.78 is 5.35. The first kappa shape index (κ1) is 15.4. The zero-order valence-corrected chi connectivity index (χ0v) is 13.5. The molecule has 0 unspecified atom stereocenters. The topological polar surface area (TPSA) is 64.1 Å². The maximum Gasteiger partial charge on any atom is 0.227 e. The third kappa shape index (κ3) is 4.01. The minimum atomic E-state index is -0.124. The summed E-state index contributed by atoms with van der Waals surface area (Å²) in [6.45, 7) is 5.83. The van der Waals surface area contributed by atoms with Crippen molar-refractivity contribution >= 4 is 17.2 Å². The van der Waals surface area contributed by atoms with E-state index in [0.717, 1.165) is 26.9 Å². The Morgan fingerprint density at radius 3 is 2.76 bits per heavy atom. The first-order valence-corrected chi connectivity index (χ1v) is 7.54. The monoisotopic (exact) mass is 305 g/mol. The van der Waals surface area contributed by atoms with Crippen LogP contribution in [0, 0.1) is 13.8 Å². The van der Waals surface area contributed by atoms with Crippen LogP contribution < -0.4 is 10.1 Å². The number of hydrogen-bond donors (Lipinski definition) is 1. The van der Waals surface area contributed by atoms with Crippen molar-refractivity contribution in [3.63, 3.8) is 0 Å². The molecule has 0 bridgehead atoms. The lowest BCUT2D eigenvalue weighted by molar-refractivity contribution is -0.121. The summed E-state index contributed by atoms with van der Waals surface area (Å²) in [6.07, 6.45) is 0.254. The number of hydrogen-bond acceptors (Lipinski definition) is 5. The zero-order chi connectivity index (χ0) is 15.4. The highest BCUT2D eigenvalue weighted by atomic mass is 32.1. The molecule has 0 aliphatic carbocycles. The molecule has 5 nitrogen and oxygen atoms in total. The fourth-order valence-electron chi connectivity index (χ4n) is 2.11. The summed E-state index contributed by atoms with van der Waals surface area (Å²) in [5, 5.41) is 12.5. The fraction of sp³-hybridized carbons (Fsp3) is 0.400. The van der Waals surface area contributed by atoms with Crippen LogP contribution in [0.3, 0.4) is 0 Å². The SMILES string of the molecule is COc1ccc(C)cc1[C@H](C)NC(=O)Cc1nnc(C)s1. The van der Waals surface area contributed by atoms with Crippen molar-refractivity contribution in [3.05, 3.63) is 39.3 Å². The molecule has 21 heavy (non-hydrogen) atoms. The van der Waals surface area contributed by atoms with E-state index in [4.69, 9.17) is 4.74 Å². The van der Waals surface area contributed by atoms with Gasteiger partial charge in [0.15, 0.2) is 0 Å². The second-order valence-electron chi connectivity index (χ2n) is 4.93. The normalized spacial score (nSPS) is 12.0. The van der Waals surface area contributed by atoms with Crippen LogP contribution in [0.4, 0.5) is 0 Å². The Labute approximate surface area is 128 Å². The molecule has 0 radical (unpaired) electrons. The summed E-state index contributed by atoms with van der Waals surface area (Å²) in [5.74, 6) is 0.711. The van der Waals surface area contributed by atoms with Gasteiger partial charge in [-0.2, -0.15) is 0 Å². The van der Waals surface area contributed by atoms with Gasteiger partial charge in [0.2, 0.25) is 5.91 Å². The Balaban J connectivity index is 2.05. The third-order valence-corrected chi connectivity index (χ3v) is 3.95. The molecule has 0 saturated carbocycles. The second-order valence-corrected chi connectivity index (χ2v) is 6.19. The van der Waals surface area contributed by atoms with Crippen molar-refractivity contribution in [3.8, 4) is 5.75 Å². The fourth-order valence-corrected chi connectivity index (χ4v) is 2.82. The van der Waals surface area contributed by atoms with Crippen LogP contribution in [0.2, 0.25) is 0 Å². The van der Waals surface area contributed by atoms with Crippen LogP contribution in [0.25, 0.3) is 0 Å². The number of aromatic nitrogens is 2. The maximum atomic E-state index is 12.1. The van der Waals surface area contributed by atoms with E-state index in [-0.39, 0.29) is 18.4 Å². The largest absolute Gasteiger partial charge is 0.496 e. The Kier molecular flexibility index (Phi) is 4.90. The van der Waals surface area contributed by atoms with Gasteiger partial charge in [0.1, 0.15) is 15.8 Å². The molecule has 0 aliphatic heterocycles. The van der Waals surface area contributed by atoms with Gasteiger partial charge in [0, 0.05) is 5.56 Å². The van der Waals surface area contributed by atoms with Gasteiger partial charge in [-0.15, -0.1) is 21.5 Å². The van der Waals surface area contributed by atoms with E-state index in [1.807, 2.05) is 39.0 Å². The van der Waals surface area contributed by atoms with Gasteiger partial charge >= 0.3 is 0 Å². The van der Waals surface area contributed by atoms with E-state index in [0.29, 0.717) is 0 Å². The van der Waals surface area contributed by atoms with Crippen LogP contribution in [-0.4, -0.2) is 23.2 Å². The van der Waals surface area contributed by atoms with Gasteiger partial charge < -0.3 is 10.1 Å². The molecule has 1 aromatic carbocycles. The highest BCUT2D eigenvalue weighted by Gasteiger charge is 2.15. The lowest BCUT2D eigenvalue weighted by atomic mass is 10.0. The molecule has 1 atom stereocenters. The van der Waals surface area contributed by atoms with Crippen LogP contribution in [0.15, 0.2) is 18.2 Å². The maximum absolute atomic E-state index is 12.1. The van der Waals surface area contributed by atoms with E-state index in [1.165, 1.54) is 11.3 Å². The van der Waals surface area contributed by atoms with Gasteiger partial charge in [0.05, 0.1) is 19.6 Å². The van der Waals surface area contributed by atoms with Gasteiger partial charge in [-0.1, -0.05) is 17.7 Å². The van der Waals surface area contributed by atoms with Gasteiger partial charge in [-0.25, -0.2) is 0 Å². The summed E-state index contributed by atoms with van der Waals surface area (Å²) in [4.78, 5) is 12.1. The summed E-state index contributed by atoms with van der Waals surface area (Å²) in [5.41, 5.74) is 2.10. The molecule has 112 valence electrons. The highest BCUT2D eigenvalue weighted by Crippen LogP contribution is 2.26. The third-order valence-electron chi connectivity index (χ3n) is 3.11. The Morgan fingerprint density at radius 1 is 1.38 bits per heavy atom. The summed E-state index contributed by atoms with van der Waals surface area (Å²) >= 11 is 1.44. The molecule has 0 spiro atoms. The first-order chi connectivity index (χ1) is 9.99. The van der Waals surface area contributed by atoms with Crippen LogP contribution in [0.1, 0.15) is 34.1 Å². The van der Waals surface area contributed by atoms with E-state index in [9.17, 15) is 4.79 Å². The molecule has 1 amide bonds. The standard InChI is InChI=1S/C15H19N3O2S/c1-9-5-6-13(20-4)12(7-9)10(2)16-14(19)8-15-18-17-11(3)21-15/h5-7,10H,8H2,1-4H3,(H,16,19)/t10-/m0/s1. The number of nitrogens with zero attached hydrogens (tertiary/aromatic N) is 2. The molecule has 2 rings (SSSR count). The van der Waals surface area contributed by atoms with E-state index < -0.39 is 0 Å². The molecule has 1 aromatic heterocycles. The molecule has 1 heterocycles. The van der Waals surface area contributed by atoms with E-state index >= 15 is 0 Å². The lowest BCUT2D eigenvalue weighted by Gasteiger charge is -2.17. The van der Waals surface area contributed by atoms with E-state index in [2.05, 4.69) is 15.5 Å². The van der Waals surface area contributed by atoms with Crippen molar-refractivity contribution in [1.82, 2.24) is 15.5 Å². The number of amides is 1. The average molecular weight is 305 g/mol. The molecule has 1 N–H and O–H groups in total. The number of carbonyl (C=O) groups is 1. The van der Waals surface area contributed by atoms with Crippen molar-refractivity contribution in [2.24, 2.45) is 0 Å². The first-order valence-electron chi connectivity index (χ1n) is 6.72. The zero-order valence-electron chi connectivity index (χ0n) is 12.6. The number of carbonyl (C=O) groups excluding carboxylic acids is 1. The molecular weight excluding hydrogens is 286 g/mol. The van der Waals surface area contributed by atoms with Gasteiger partial charge in [-0.05, 0) is 26.8 Å². The highest BCUT2D eigenvalue weighted by molar-refractivity contribution is 7.11. The Hall–Kier alpha value is -1.95. The second kappa shape index (κ2) is 6.67. The van der Waals surface area contributed by atoms with Crippen LogP contribution in [0.5, 0.6) is 5.75 Å². The summed E-state index contributed by atoms with van der Waals surface area (Å²) in [7, 11) is 1.63. The quantitative estimate of drug-likeness (QED) is 0.922. The predicted octanol–water partition coefficient (Wildman–Crippen LogP) is 2.58. The lowest BCUT2D eigenvalue weighted by Crippen LogP contribution is -2.28. The number of methoxy groups -OCH3 is 1. The number of rotatable bonds is 5. The minimum absolute atomic E-state index is 0.0674. The molecular formula is C15H19N3O2S. The number of nitrogens with one attached hydrogen (secondary N) is 1. The van der Waals surface area contributed by atoms with Crippen molar-refractivity contribution < 1.29 is 9.53 Å². The smallest absolute Gasteiger partial charge is 0.227 e. The minimum Gasteiger partial charge on any atom is -0.496 e. The molecule has 0 aliphatic rings.